The maximum absolute atomic E-state index is 9.62. The predicted octanol–water partition coefficient (Wildman–Crippen LogP) is 2.92. The summed E-state index contributed by atoms with van der Waals surface area (Å²) in [7, 11) is 0. The Balaban J connectivity index is 2.38. The highest BCUT2D eigenvalue weighted by molar-refractivity contribution is 5.36. The van der Waals surface area contributed by atoms with E-state index >= 15 is 0 Å². The molecule has 1 fully saturated rings. The summed E-state index contributed by atoms with van der Waals surface area (Å²) in [5.41, 5.74) is 2.14. The van der Waals surface area contributed by atoms with Crippen LogP contribution in [0.5, 0.6) is 0 Å². The molecule has 2 rings (SSSR count). The van der Waals surface area contributed by atoms with Crippen LogP contribution in [-0.2, 0) is 5.41 Å². The summed E-state index contributed by atoms with van der Waals surface area (Å²) >= 11 is 0. The number of benzene rings is 1. The summed E-state index contributed by atoms with van der Waals surface area (Å²) < 4.78 is 0. The van der Waals surface area contributed by atoms with Crippen LogP contribution in [-0.4, -0.2) is 12.1 Å². The number of piperidine rings is 1. The quantitative estimate of drug-likeness (QED) is 0.802. The van der Waals surface area contributed by atoms with Gasteiger partial charge in [-0.15, -0.1) is 0 Å². The topological polar surface area (TPSA) is 35.8 Å². The zero-order valence-electron chi connectivity index (χ0n) is 10.9. The molecule has 1 aliphatic rings. The minimum absolute atomic E-state index is 0.0405. The van der Waals surface area contributed by atoms with Crippen LogP contribution in [0, 0.1) is 18.3 Å². The maximum atomic E-state index is 9.62. The lowest BCUT2D eigenvalue weighted by Gasteiger charge is -2.42. The number of nitrogens with one attached hydrogen (secondary N) is 1. The van der Waals surface area contributed by atoms with Crippen LogP contribution in [0.4, 0.5) is 0 Å². The lowest BCUT2D eigenvalue weighted by Crippen LogP contribution is -2.52. The van der Waals surface area contributed by atoms with Crippen molar-refractivity contribution in [3.63, 3.8) is 0 Å². The van der Waals surface area contributed by atoms with E-state index in [0.29, 0.717) is 0 Å². The average molecular weight is 228 g/mol. The lowest BCUT2D eigenvalue weighted by molar-refractivity contribution is 0.233. The van der Waals surface area contributed by atoms with Crippen molar-refractivity contribution in [2.45, 2.75) is 44.6 Å². The van der Waals surface area contributed by atoms with Gasteiger partial charge in [0.05, 0.1) is 11.5 Å². The largest absolute Gasteiger partial charge is 0.312 e. The third-order valence-corrected chi connectivity index (χ3v) is 3.72. The lowest BCUT2D eigenvalue weighted by atomic mass is 9.68. The molecule has 0 aliphatic carbocycles. The molecular weight excluding hydrogens is 208 g/mol. The molecular formula is C15H20N2. The highest BCUT2D eigenvalue weighted by Crippen LogP contribution is 2.38. The molecule has 1 aromatic rings. The summed E-state index contributed by atoms with van der Waals surface area (Å²) in [6.07, 6.45) is 1.77. The van der Waals surface area contributed by atoms with Crippen molar-refractivity contribution < 1.29 is 0 Å². The van der Waals surface area contributed by atoms with Gasteiger partial charge in [0.25, 0.3) is 0 Å². The smallest absolute Gasteiger partial charge is 0.0851 e. The van der Waals surface area contributed by atoms with Crippen molar-refractivity contribution in [2.75, 3.05) is 6.54 Å². The Labute approximate surface area is 104 Å². The van der Waals surface area contributed by atoms with E-state index in [-0.39, 0.29) is 11.0 Å². The van der Waals surface area contributed by atoms with Crippen molar-refractivity contribution in [3.05, 3.63) is 35.4 Å². The molecule has 1 saturated heterocycles. The first-order valence-corrected chi connectivity index (χ1v) is 6.21. The molecule has 17 heavy (non-hydrogen) atoms. The van der Waals surface area contributed by atoms with Crippen molar-refractivity contribution >= 4 is 0 Å². The first-order valence-electron chi connectivity index (χ1n) is 6.21. The van der Waals surface area contributed by atoms with Crippen molar-refractivity contribution in [2.24, 2.45) is 0 Å². The Morgan fingerprint density at radius 1 is 1.24 bits per heavy atom. The number of rotatable bonds is 1. The molecule has 0 saturated carbocycles. The first-order chi connectivity index (χ1) is 7.97. The number of hydrogen-bond donors (Lipinski definition) is 1. The molecule has 2 nitrogen and oxygen atoms in total. The van der Waals surface area contributed by atoms with Gasteiger partial charge in [0, 0.05) is 5.54 Å². The number of nitriles is 1. The Morgan fingerprint density at radius 2 is 1.88 bits per heavy atom. The molecule has 0 aromatic heterocycles. The fourth-order valence-corrected chi connectivity index (χ4v) is 2.80. The highest BCUT2D eigenvalue weighted by atomic mass is 15.0. The van der Waals surface area contributed by atoms with Gasteiger partial charge in [-0.05, 0) is 45.7 Å². The average Bonchev–Trinajstić information content (AvgIpc) is 2.28. The molecule has 2 heteroatoms. The Morgan fingerprint density at radius 3 is 2.41 bits per heavy atom. The van der Waals surface area contributed by atoms with Gasteiger partial charge in [-0.2, -0.15) is 5.26 Å². The van der Waals surface area contributed by atoms with Crippen molar-refractivity contribution in [3.8, 4) is 6.07 Å². The fourth-order valence-electron chi connectivity index (χ4n) is 2.80. The molecule has 1 atom stereocenters. The second-order valence-electron chi connectivity index (χ2n) is 5.80. The van der Waals surface area contributed by atoms with Gasteiger partial charge in [0.15, 0.2) is 0 Å². The monoisotopic (exact) mass is 228 g/mol. The Hall–Kier alpha value is -1.33. The van der Waals surface area contributed by atoms with Crippen LogP contribution >= 0.6 is 0 Å². The van der Waals surface area contributed by atoms with E-state index in [1.807, 2.05) is 0 Å². The second-order valence-corrected chi connectivity index (χ2v) is 5.80. The van der Waals surface area contributed by atoms with Gasteiger partial charge in [-0.3, -0.25) is 0 Å². The van der Waals surface area contributed by atoms with E-state index in [0.717, 1.165) is 19.4 Å². The summed E-state index contributed by atoms with van der Waals surface area (Å²) in [4.78, 5) is 0. The maximum Gasteiger partial charge on any atom is 0.0851 e. The molecule has 1 N–H and O–H groups in total. The van der Waals surface area contributed by atoms with E-state index in [2.05, 4.69) is 56.4 Å². The van der Waals surface area contributed by atoms with Crippen molar-refractivity contribution in [1.82, 2.24) is 5.32 Å². The van der Waals surface area contributed by atoms with Crippen LogP contribution in [0.1, 0.15) is 37.8 Å². The number of hydrogen-bond acceptors (Lipinski definition) is 2. The fraction of sp³-hybridized carbons (Fsp3) is 0.533. The SMILES string of the molecule is Cc1ccc(C2(C#N)CCNC(C)(C)C2)cc1. The van der Waals surface area contributed by atoms with Crippen molar-refractivity contribution in [1.29, 1.82) is 5.26 Å². The summed E-state index contributed by atoms with van der Waals surface area (Å²) in [5.74, 6) is 0. The second kappa shape index (κ2) is 4.16. The normalized spacial score (nSPS) is 27.4. The molecule has 1 heterocycles. The molecule has 90 valence electrons. The van der Waals surface area contributed by atoms with E-state index in [1.54, 1.807) is 0 Å². The molecule has 1 aromatic carbocycles. The first kappa shape index (κ1) is 12.1. The minimum Gasteiger partial charge on any atom is -0.312 e. The predicted molar refractivity (Wildman–Crippen MR) is 69.8 cm³/mol. The number of nitrogens with zero attached hydrogens (tertiary/aromatic N) is 1. The Kier molecular flexibility index (Phi) is 2.97. The minimum atomic E-state index is -0.317. The van der Waals surface area contributed by atoms with Crippen LogP contribution in [0.2, 0.25) is 0 Å². The zero-order chi connectivity index (χ0) is 12.5. The standard InChI is InChI=1S/C15H20N2/c1-12-4-6-13(7-5-12)15(11-16)8-9-17-14(2,3)10-15/h4-7,17H,8-10H2,1-3H3. The van der Waals surface area contributed by atoms with Gasteiger partial charge in [0.1, 0.15) is 0 Å². The van der Waals surface area contributed by atoms with Gasteiger partial charge in [-0.25, -0.2) is 0 Å². The molecule has 1 unspecified atom stereocenters. The van der Waals surface area contributed by atoms with E-state index in [4.69, 9.17) is 0 Å². The van der Waals surface area contributed by atoms with E-state index in [1.165, 1.54) is 11.1 Å². The van der Waals surface area contributed by atoms with Gasteiger partial charge in [-0.1, -0.05) is 29.8 Å². The summed E-state index contributed by atoms with van der Waals surface area (Å²) in [6.45, 7) is 7.34. The van der Waals surface area contributed by atoms with Gasteiger partial charge >= 0.3 is 0 Å². The van der Waals surface area contributed by atoms with Crippen LogP contribution < -0.4 is 5.32 Å². The van der Waals surface area contributed by atoms with Crippen LogP contribution in [0.15, 0.2) is 24.3 Å². The van der Waals surface area contributed by atoms with E-state index in [9.17, 15) is 5.26 Å². The summed E-state index contributed by atoms with van der Waals surface area (Å²) in [5, 5.41) is 13.1. The zero-order valence-corrected chi connectivity index (χ0v) is 10.9. The molecule has 0 spiro atoms. The highest BCUT2D eigenvalue weighted by Gasteiger charge is 2.41. The molecule has 1 aliphatic heterocycles. The molecule has 0 bridgehead atoms. The number of aryl methyl sites for hydroxylation is 1. The third kappa shape index (κ3) is 2.35. The van der Waals surface area contributed by atoms with Gasteiger partial charge in [0.2, 0.25) is 0 Å². The molecule has 0 radical (unpaired) electrons. The van der Waals surface area contributed by atoms with Crippen LogP contribution in [0.3, 0.4) is 0 Å². The Bertz CT molecular complexity index is 439. The molecule has 0 amide bonds. The van der Waals surface area contributed by atoms with Crippen LogP contribution in [0.25, 0.3) is 0 Å². The summed E-state index contributed by atoms with van der Waals surface area (Å²) in [6, 6.07) is 11.0. The third-order valence-electron chi connectivity index (χ3n) is 3.72. The van der Waals surface area contributed by atoms with Gasteiger partial charge < -0.3 is 5.32 Å². The van der Waals surface area contributed by atoms with E-state index < -0.39 is 0 Å².